The zero-order chi connectivity index (χ0) is 10.8. The van der Waals surface area contributed by atoms with Crippen molar-refractivity contribution in [1.29, 1.82) is 0 Å². The fraction of sp³-hybridized carbons (Fsp3) is 1.00. The molecule has 0 aromatic carbocycles. The van der Waals surface area contributed by atoms with Gasteiger partial charge in [0.15, 0.2) is 0 Å². The highest BCUT2D eigenvalue weighted by atomic mass is 15.0. The summed E-state index contributed by atoms with van der Waals surface area (Å²) >= 11 is 0. The highest BCUT2D eigenvalue weighted by molar-refractivity contribution is 4.89. The molecule has 0 radical (unpaired) electrons. The van der Waals surface area contributed by atoms with E-state index in [1.807, 2.05) is 0 Å². The molecule has 1 heteroatoms. The summed E-state index contributed by atoms with van der Waals surface area (Å²) in [6.07, 6.45) is 8.72. The second kappa shape index (κ2) is 4.86. The largest absolute Gasteiger partial charge is 0.311 e. The van der Waals surface area contributed by atoms with Gasteiger partial charge >= 0.3 is 0 Å². The van der Waals surface area contributed by atoms with E-state index in [4.69, 9.17) is 0 Å². The van der Waals surface area contributed by atoms with Crippen LogP contribution in [0.1, 0.15) is 59.3 Å². The SMILES string of the molecule is CC(C)C1CC(N[C@H](C)C2CCCC2)C1. The first kappa shape index (κ1) is 11.4. The molecule has 0 aromatic heterocycles. The molecule has 2 fully saturated rings. The summed E-state index contributed by atoms with van der Waals surface area (Å²) in [5, 5.41) is 3.84. The Morgan fingerprint density at radius 1 is 0.933 bits per heavy atom. The third-order valence-corrected chi connectivity index (χ3v) is 4.72. The van der Waals surface area contributed by atoms with E-state index < -0.39 is 0 Å². The summed E-state index contributed by atoms with van der Waals surface area (Å²) in [6.45, 7) is 7.13. The van der Waals surface area contributed by atoms with Gasteiger partial charge in [0.25, 0.3) is 0 Å². The number of hydrogen-bond donors (Lipinski definition) is 1. The van der Waals surface area contributed by atoms with E-state index in [0.29, 0.717) is 0 Å². The van der Waals surface area contributed by atoms with Crippen LogP contribution in [0.3, 0.4) is 0 Å². The normalized spacial score (nSPS) is 34.4. The van der Waals surface area contributed by atoms with Crippen molar-refractivity contribution in [3.05, 3.63) is 0 Å². The maximum atomic E-state index is 3.84. The molecule has 0 spiro atoms. The first-order chi connectivity index (χ1) is 7.16. The van der Waals surface area contributed by atoms with Crippen LogP contribution in [-0.2, 0) is 0 Å². The third-order valence-electron chi connectivity index (χ3n) is 4.72. The Kier molecular flexibility index (Phi) is 3.71. The lowest BCUT2D eigenvalue weighted by atomic mass is 9.73. The van der Waals surface area contributed by atoms with Gasteiger partial charge in [0, 0.05) is 12.1 Å². The topological polar surface area (TPSA) is 12.0 Å². The first-order valence-corrected chi connectivity index (χ1v) is 6.93. The predicted octanol–water partition coefficient (Wildman–Crippen LogP) is 3.59. The minimum atomic E-state index is 0.769. The van der Waals surface area contributed by atoms with Crippen molar-refractivity contribution in [3.63, 3.8) is 0 Å². The van der Waals surface area contributed by atoms with E-state index in [-0.39, 0.29) is 0 Å². The fourth-order valence-electron chi connectivity index (χ4n) is 3.31. The van der Waals surface area contributed by atoms with Gasteiger partial charge < -0.3 is 5.32 Å². The summed E-state index contributed by atoms with van der Waals surface area (Å²) in [6, 6.07) is 1.61. The molecule has 0 bridgehead atoms. The summed E-state index contributed by atoms with van der Waals surface area (Å²) in [5.41, 5.74) is 0. The quantitative estimate of drug-likeness (QED) is 0.746. The van der Waals surface area contributed by atoms with E-state index in [0.717, 1.165) is 29.8 Å². The minimum Gasteiger partial charge on any atom is -0.311 e. The molecule has 0 saturated heterocycles. The Bertz CT molecular complexity index is 188. The van der Waals surface area contributed by atoms with Crippen LogP contribution in [0.4, 0.5) is 0 Å². The van der Waals surface area contributed by atoms with Gasteiger partial charge in [-0.25, -0.2) is 0 Å². The summed E-state index contributed by atoms with van der Waals surface area (Å²) < 4.78 is 0. The smallest absolute Gasteiger partial charge is 0.00751 e. The van der Waals surface area contributed by atoms with Crippen LogP contribution in [0.25, 0.3) is 0 Å². The molecule has 0 aliphatic heterocycles. The van der Waals surface area contributed by atoms with Crippen molar-refractivity contribution in [2.75, 3.05) is 0 Å². The molecule has 88 valence electrons. The molecule has 0 unspecified atom stereocenters. The molecule has 1 atom stereocenters. The lowest BCUT2D eigenvalue weighted by Gasteiger charge is -2.41. The van der Waals surface area contributed by atoms with Gasteiger partial charge in [-0.1, -0.05) is 26.7 Å². The van der Waals surface area contributed by atoms with Crippen LogP contribution in [0.5, 0.6) is 0 Å². The second-order valence-electron chi connectivity index (χ2n) is 6.17. The van der Waals surface area contributed by atoms with Crippen molar-refractivity contribution in [3.8, 4) is 0 Å². The van der Waals surface area contributed by atoms with Crippen LogP contribution in [0.15, 0.2) is 0 Å². The molecule has 2 aliphatic rings. The molecule has 0 aromatic rings. The van der Waals surface area contributed by atoms with Crippen LogP contribution in [-0.4, -0.2) is 12.1 Å². The van der Waals surface area contributed by atoms with Crippen molar-refractivity contribution < 1.29 is 0 Å². The van der Waals surface area contributed by atoms with Crippen molar-refractivity contribution in [1.82, 2.24) is 5.32 Å². The summed E-state index contributed by atoms with van der Waals surface area (Å²) in [4.78, 5) is 0. The van der Waals surface area contributed by atoms with E-state index >= 15 is 0 Å². The maximum Gasteiger partial charge on any atom is 0.00751 e. The van der Waals surface area contributed by atoms with Crippen LogP contribution >= 0.6 is 0 Å². The number of nitrogens with one attached hydrogen (secondary N) is 1. The average Bonchev–Trinajstić information content (AvgIpc) is 2.61. The lowest BCUT2D eigenvalue weighted by Crippen LogP contribution is -2.48. The van der Waals surface area contributed by atoms with Crippen molar-refractivity contribution in [2.45, 2.75) is 71.4 Å². The lowest BCUT2D eigenvalue weighted by molar-refractivity contribution is 0.148. The van der Waals surface area contributed by atoms with Gasteiger partial charge in [-0.15, -0.1) is 0 Å². The van der Waals surface area contributed by atoms with Crippen molar-refractivity contribution in [2.24, 2.45) is 17.8 Å². The molecule has 15 heavy (non-hydrogen) atoms. The van der Waals surface area contributed by atoms with Gasteiger partial charge in [0.1, 0.15) is 0 Å². The highest BCUT2D eigenvalue weighted by Crippen LogP contribution is 2.35. The molecular weight excluding hydrogens is 182 g/mol. The Labute approximate surface area is 95.0 Å². The maximum absolute atomic E-state index is 3.84. The van der Waals surface area contributed by atoms with Crippen LogP contribution < -0.4 is 5.32 Å². The summed E-state index contributed by atoms with van der Waals surface area (Å²) in [7, 11) is 0. The Morgan fingerprint density at radius 2 is 1.53 bits per heavy atom. The average molecular weight is 209 g/mol. The molecule has 2 aliphatic carbocycles. The van der Waals surface area contributed by atoms with E-state index in [9.17, 15) is 0 Å². The zero-order valence-electron chi connectivity index (χ0n) is 10.6. The first-order valence-electron chi connectivity index (χ1n) is 6.93. The number of rotatable bonds is 4. The number of hydrogen-bond acceptors (Lipinski definition) is 1. The highest BCUT2D eigenvalue weighted by Gasteiger charge is 2.33. The molecule has 0 amide bonds. The Morgan fingerprint density at radius 3 is 2.07 bits per heavy atom. The third kappa shape index (κ3) is 2.75. The molecule has 1 N–H and O–H groups in total. The zero-order valence-corrected chi connectivity index (χ0v) is 10.6. The minimum absolute atomic E-state index is 0.769. The van der Waals surface area contributed by atoms with Gasteiger partial charge in [0.05, 0.1) is 0 Å². The van der Waals surface area contributed by atoms with Crippen molar-refractivity contribution >= 4 is 0 Å². The molecular formula is C14H27N. The van der Waals surface area contributed by atoms with E-state index in [2.05, 4.69) is 26.1 Å². The summed E-state index contributed by atoms with van der Waals surface area (Å²) in [5.74, 6) is 2.87. The molecule has 0 heterocycles. The standard InChI is InChI=1S/C14H27N/c1-10(2)13-8-14(9-13)15-11(3)12-6-4-5-7-12/h10-15H,4-9H2,1-3H3/t11-,13?,14?/m1/s1. The van der Waals surface area contributed by atoms with Gasteiger partial charge in [-0.05, 0) is 50.4 Å². The van der Waals surface area contributed by atoms with E-state index in [1.54, 1.807) is 0 Å². The molecule has 2 saturated carbocycles. The molecule has 1 nitrogen and oxygen atoms in total. The van der Waals surface area contributed by atoms with Gasteiger partial charge in [-0.3, -0.25) is 0 Å². The molecule has 2 rings (SSSR count). The van der Waals surface area contributed by atoms with Gasteiger partial charge in [-0.2, -0.15) is 0 Å². The second-order valence-corrected chi connectivity index (χ2v) is 6.17. The van der Waals surface area contributed by atoms with E-state index in [1.165, 1.54) is 38.5 Å². The monoisotopic (exact) mass is 209 g/mol. The fourth-order valence-corrected chi connectivity index (χ4v) is 3.31. The Balaban J connectivity index is 1.66. The van der Waals surface area contributed by atoms with Crippen LogP contribution in [0.2, 0.25) is 0 Å². The Hall–Kier alpha value is -0.0400. The van der Waals surface area contributed by atoms with Crippen LogP contribution in [0, 0.1) is 17.8 Å². The van der Waals surface area contributed by atoms with Gasteiger partial charge in [0.2, 0.25) is 0 Å². The predicted molar refractivity (Wildman–Crippen MR) is 65.9 cm³/mol.